The minimum Gasteiger partial charge on any atom is -0.481 e. The third-order valence-electron chi connectivity index (χ3n) is 8.94. The first-order chi connectivity index (χ1) is 21.2. The maximum atomic E-state index is 7.09. The Morgan fingerprint density at radius 2 is 1.20 bits per heavy atom. The molecule has 2 aromatic heterocycles. The minimum absolute atomic E-state index is 0.0871. The van der Waals surface area contributed by atoms with Crippen LogP contribution in [0.1, 0.15) is 31.4 Å². The molecule has 0 spiro atoms. The Bertz CT molecular complexity index is 1550. The summed E-state index contributed by atoms with van der Waals surface area (Å²) in [6.45, 7) is 9.19. The molecular weight excluding hydrogens is 593 g/mol. The number of aromatic nitrogens is 2. The van der Waals surface area contributed by atoms with E-state index in [1.807, 2.05) is 54.6 Å². The highest BCUT2D eigenvalue weighted by molar-refractivity contribution is 6.39. The first-order valence-corrected chi connectivity index (χ1v) is 15.8. The molecule has 7 nitrogen and oxygen atoms in total. The molecule has 0 amide bonds. The fraction of sp³-hybridized carbons (Fsp3) is 0.371. The number of aryl methyl sites for hydroxylation is 1. The monoisotopic (exact) mass is 631 g/mol. The Kier molecular flexibility index (Phi) is 8.86. The van der Waals surface area contributed by atoms with Gasteiger partial charge in [0.1, 0.15) is 0 Å². The molecule has 2 aliphatic rings. The van der Waals surface area contributed by atoms with E-state index in [-0.39, 0.29) is 5.54 Å². The number of nitrogens with one attached hydrogen (secondary N) is 3. The topological polar surface area (TPSA) is 80.3 Å². The summed E-state index contributed by atoms with van der Waals surface area (Å²) in [6, 6.07) is 20.0. The average molecular weight is 633 g/mol. The quantitative estimate of drug-likeness (QED) is 0.168. The van der Waals surface area contributed by atoms with Crippen molar-refractivity contribution in [1.29, 1.82) is 0 Å². The number of pyridine rings is 2. The molecule has 0 bridgehead atoms. The molecule has 0 atom stereocenters. The van der Waals surface area contributed by atoms with E-state index in [2.05, 4.69) is 35.9 Å². The summed E-state index contributed by atoms with van der Waals surface area (Å²) in [5.41, 5.74) is 7.27. The summed E-state index contributed by atoms with van der Waals surface area (Å²) in [7, 11) is 3.32. The number of halogens is 2. The standard InChI is InChI=1S/C35H39Cl2N5O2/c1-34(18-38-19-34)16-15-22-11-13-28(41-32(22)43-3)26-9-5-7-24(30(26)36)25-8-6-10-27(31(25)37)29-14-12-23(33(42-29)44-4)17-40-35(2)20-39-21-35/h5-14,38-40H,15-21H2,1-4H3. The van der Waals surface area contributed by atoms with Crippen molar-refractivity contribution in [3.8, 4) is 45.4 Å². The molecule has 2 fully saturated rings. The first kappa shape index (κ1) is 30.8. The van der Waals surface area contributed by atoms with Crippen molar-refractivity contribution in [2.75, 3.05) is 40.4 Å². The van der Waals surface area contributed by atoms with Gasteiger partial charge in [-0.05, 0) is 37.3 Å². The number of hydrogen-bond donors (Lipinski definition) is 3. The lowest BCUT2D eigenvalue weighted by Crippen LogP contribution is -2.65. The largest absolute Gasteiger partial charge is 0.481 e. The second kappa shape index (κ2) is 12.7. The zero-order chi connectivity index (χ0) is 30.9. The molecule has 2 aliphatic heterocycles. The third kappa shape index (κ3) is 6.17. The summed E-state index contributed by atoms with van der Waals surface area (Å²) in [6.07, 6.45) is 2.00. The molecular formula is C35H39Cl2N5O2. The van der Waals surface area contributed by atoms with E-state index in [0.29, 0.717) is 33.8 Å². The van der Waals surface area contributed by atoms with Gasteiger partial charge in [-0.3, -0.25) is 0 Å². The van der Waals surface area contributed by atoms with Crippen LogP contribution in [0.3, 0.4) is 0 Å². The van der Waals surface area contributed by atoms with Crippen molar-refractivity contribution in [1.82, 2.24) is 25.9 Å². The van der Waals surface area contributed by atoms with Gasteiger partial charge in [-0.2, -0.15) is 0 Å². The van der Waals surface area contributed by atoms with Crippen LogP contribution in [0.25, 0.3) is 33.6 Å². The third-order valence-corrected chi connectivity index (χ3v) is 9.76. The smallest absolute Gasteiger partial charge is 0.218 e. The van der Waals surface area contributed by atoms with Gasteiger partial charge in [0.15, 0.2) is 0 Å². The molecule has 0 radical (unpaired) electrons. The van der Waals surface area contributed by atoms with E-state index in [0.717, 1.165) is 83.8 Å². The molecule has 230 valence electrons. The Morgan fingerprint density at radius 3 is 1.68 bits per heavy atom. The molecule has 0 unspecified atom stereocenters. The van der Waals surface area contributed by atoms with Crippen LogP contribution in [-0.4, -0.2) is 55.9 Å². The second-order valence-corrected chi connectivity index (χ2v) is 13.3. The highest BCUT2D eigenvalue weighted by atomic mass is 35.5. The van der Waals surface area contributed by atoms with Gasteiger partial charge in [0.05, 0.1) is 35.7 Å². The van der Waals surface area contributed by atoms with Gasteiger partial charge < -0.3 is 25.4 Å². The number of rotatable bonds is 11. The predicted octanol–water partition coefficient (Wildman–Crippen LogP) is 6.80. The zero-order valence-electron chi connectivity index (χ0n) is 25.7. The minimum atomic E-state index is 0.0871. The van der Waals surface area contributed by atoms with Crippen molar-refractivity contribution in [2.45, 2.75) is 38.8 Å². The van der Waals surface area contributed by atoms with E-state index >= 15 is 0 Å². The molecule has 2 saturated heterocycles. The van der Waals surface area contributed by atoms with Gasteiger partial charge in [0.25, 0.3) is 0 Å². The molecule has 3 N–H and O–H groups in total. The van der Waals surface area contributed by atoms with Crippen LogP contribution in [0.5, 0.6) is 11.8 Å². The van der Waals surface area contributed by atoms with Crippen molar-refractivity contribution in [3.05, 3.63) is 81.8 Å². The molecule has 6 rings (SSSR count). The molecule has 0 saturated carbocycles. The van der Waals surface area contributed by atoms with E-state index in [1.54, 1.807) is 14.2 Å². The summed E-state index contributed by atoms with van der Waals surface area (Å²) < 4.78 is 11.4. The summed E-state index contributed by atoms with van der Waals surface area (Å²) in [5.74, 6) is 1.21. The van der Waals surface area contributed by atoms with Crippen molar-refractivity contribution in [2.24, 2.45) is 5.41 Å². The number of hydrogen-bond acceptors (Lipinski definition) is 7. The summed E-state index contributed by atoms with van der Waals surface area (Å²) in [4.78, 5) is 9.70. The summed E-state index contributed by atoms with van der Waals surface area (Å²) >= 11 is 14.2. The van der Waals surface area contributed by atoms with Gasteiger partial charge in [-0.1, -0.05) is 78.7 Å². The van der Waals surface area contributed by atoms with E-state index < -0.39 is 0 Å². The van der Waals surface area contributed by atoms with Crippen LogP contribution >= 0.6 is 23.2 Å². The van der Waals surface area contributed by atoms with E-state index in [4.69, 9.17) is 42.6 Å². The van der Waals surface area contributed by atoms with Crippen LogP contribution in [0.2, 0.25) is 10.0 Å². The molecule has 2 aromatic carbocycles. The van der Waals surface area contributed by atoms with Crippen LogP contribution in [0.15, 0.2) is 60.7 Å². The van der Waals surface area contributed by atoms with Crippen LogP contribution in [0, 0.1) is 5.41 Å². The molecule has 4 aromatic rings. The number of nitrogens with zero attached hydrogens (tertiary/aromatic N) is 2. The van der Waals surface area contributed by atoms with Crippen molar-refractivity contribution in [3.63, 3.8) is 0 Å². The van der Waals surface area contributed by atoms with Crippen molar-refractivity contribution < 1.29 is 9.47 Å². The van der Waals surface area contributed by atoms with Crippen LogP contribution < -0.4 is 25.4 Å². The van der Waals surface area contributed by atoms with E-state index in [1.165, 1.54) is 0 Å². The van der Waals surface area contributed by atoms with Crippen molar-refractivity contribution >= 4 is 23.2 Å². The fourth-order valence-corrected chi connectivity index (χ4v) is 6.54. The van der Waals surface area contributed by atoms with Gasteiger partial charge in [0.2, 0.25) is 11.8 Å². The molecule has 9 heteroatoms. The Labute approximate surface area is 269 Å². The van der Waals surface area contributed by atoms with Gasteiger partial charge in [-0.15, -0.1) is 0 Å². The summed E-state index contributed by atoms with van der Waals surface area (Å²) in [5, 5.41) is 11.4. The number of ether oxygens (including phenoxy) is 2. The zero-order valence-corrected chi connectivity index (χ0v) is 27.2. The predicted molar refractivity (Wildman–Crippen MR) is 179 cm³/mol. The SMILES string of the molecule is COc1nc(-c2cccc(-c3cccc(-c4ccc(CNC5(C)CNC5)c(OC)n4)c3Cl)c2Cl)ccc1CCC1(C)CNC1. The molecule has 44 heavy (non-hydrogen) atoms. The molecule has 0 aliphatic carbocycles. The maximum Gasteiger partial charge on any atom is 0.218 e. The molecule has 4 heterocycles. The Morgan fingerprint density at radius 1 is 0.705 bits per heavy atom. The number of benzene rings is 2. The van der Waals surface area contributed by atoms with E-state index in [9.17, 15) is 0 Å². The Balaban J connectivity index is 1.28. The fourth-order valence-electron chi connectivity index (χ4n) is 5.89. The van der Waals surface area contributed by atoms with Gasteiger partial charge >= 0.3 is 0 Å². The maximum absolute atomic E-state index is 7.09. The van der Waals surface area contributed by atoms with Crippen LogP contribution in [-0.2, 0) is 13.0 Å². The lowest BCUT2D eigenvalue weighted by molar-refractivity contribution is 0.180. The second-order valence-electron chi connectivity index (χ2n) is 12.5. The van der Waals surface area contributed by atoms with Gasteiger partial charge in [-0.25, -0.2) is 9.97 Å². The van der Waals surface area contributed by atoms with Crippen LogP contribution in [0.4, 0.5) is 0 Å². The highest BCUT2D eigenvalue weighted by Crippen LogP contribution is 2.42. The number of methoxy groups -OCH3 is 2. The Hall–Kier alpha value is -3.20. The lowest BCUT2D eigenvalue weighted by atomic mass is 9.79. The van der Waals surface area contributed by atoms with Gasteiger partial charge in [0, 0.05) is 71.6 Å². The average Bonchev–Trinajstić information content (AvgIpc) is 3.01. The normalized spacial score (nSPS) is 16.6. The first-order valence-electron chi connectivity index (χ1n) is 15.0. The lowest BCUT2D eigenvalue weighted by Gasteiger charge is -2.40. The highest BCUT2D eigenvalue weighted by Gasteiger charge is 2.32.